The summed E-state index contributed by atoms with van der Waals surface area (Å²) < 4.78 is 0. The lowest BCUT2D eigenvalue weighted by Gasteiger charge is -2.23. The Labute approximate surface area is 90.7 Å². The summed E-state index contributed by atoms with van der Waals surface area (Å²) in [6.07, 6.45) is 8.45. The first-order valence-electron chi connectivity index (χ1n) is 5.63. The fraction of sp³-hybridized carbons (Fsp3) is 0.462. The van der Waals surface area contributed by atoms with Crippen LogP contribution < -0.4 is 5.32 Å². The predicted molar refractivity (Wildman–Crippen MR) is 61.7 cm³/mol. The van der Waals surface area contributed by atoms with E-state index in [1.807, 2.05) is 18.4 Å². The van der Waals surface area contributed by atoms with E-state index < -0.39 is 0 Å². The molecule has 79 valence electrons. The minimum absolute atomic E-state index is 0.615. The Morgan fingerprint density at radius 1 is 1.07 bits per heavy atom. The van der Waals surface area contributed by atoms with Crippen molar-refractivity contribution in [1.82, 2.24) is 0 Å². The Morgan fingerprint density at radius 2 is 1.73 bits per heavy atom. The lowest BCUT2D eigenvalue weighted by molar-refractivity contribution is 0.463. The van der Waals surface area contributed by atoms with Crippen LogP contribution in [0.2, 0.25) is 0 Å². The van der Waals surface area contributed by atoms with Crippen molar-refractivity contribution in [2.45, 2.75) is 38.1 Å². The molecule has 2 nitrogen and oxygen atoms in total. The molecular formula is C13H16NO. The number of anilines is 1. The molecule has 15 heavy (non-hydrogen) atoms. The van der Waals surface area contributed by atoms with Crippen molar-refractivity contribution >= 4 is 12.0 Å². The van der Waals surface area contributed by atoms with Crippen molar-refractivity contribution in [3.05, 3.63) is 29.8 Å². The van der Waals surface area contributed by atoms with Crippen molar-refractivity contribution in [1.29, 1.82) is 0 Å². The Hall–Kier alpha value is -1.31. The molecule has 0 unspecified atom stereocenters. The molecule has 2 heteroatoms. The van der Waals surface area contributed by atoms with Gasteiger partial charge in [-0.1, -0.05) is 19.3 Å². The summed E-state index contributed by atoms with van der Waals surface area (Å²) in [6, 6.07) is 8.13. The highest BCUT2D eigenvalue weighted by molar-refractivity contribution is 5.76. The van der Waals surface area contributed by atoms with Crippen molar-refractivity contribution in [3.63, 3.8) is 0 Å². The second-order valence-corrected chi connectivity index (χ2v) is 4.16. The van der Waals surface area contributed by atoms with Crippen molar-refractivity contribution in [2.75, 3.05) is 5.32 Å². The molecule has 1 saturated carbocycles. The maximum atomic E-state index is 10.4. The van der Waals surface area contributed by atoms with Gasteiger partial charge in [0.2, 0.25) is 6.29 Å². The van der Waals surface area contributed by atoms with Crippen LogP contribution in [0.4, 0.5) is 5.69 Å². The molecule has 2 rings (SSSR count). The van der Waals surface area contributed by atoms with Gasteiger partial charge >= 0.3 is 0 Å². The highest BCUT2D eigenvalue weighted by Gasteiger charge is 2.12. The molecule has 1 aliphatic rings. The zero-order valence-electron chi connectivity index (χ0n) is 8.83. The second-order valence-electron chi connectivity index (χ2n) is 4.16. The van der Waals surface area contributed by atoms with Gasteiger partial charge in [0.1, 0.15) is 0 Å². The summed E-state index contributed by atoms with van der Waals surface area (Å²) in [5.41, 5.74) is 1.73. The minimum Gasteiger partial charge on any atom is -0.382 e. The third-order valence-corrected chi connectivity index (χ3v) is 2.98. The fourth-order valence-corrected chi connectivity index (χ4v) is 2.12. The predicted octanol–water partition coefficient (Wildman–Crippen LogP) is 2.89. The van der Waals surface area contributed by atoms with Crippen LogP contribution in [0, 0.1) is 0 Å². The SMILES string of the molecule is O=[C]c1ccc(NC2CCCCC2)cc1. The molecule has 1 aliphatic carbocycles. The Kier molecular flexibility index (Phi) is 3.38. The van der Waals surface area contributed by atoms with Gasteiger partial charge in [-0.2, -0.15) is 0 Å². The van der Waals surface area contributed by atoms with Gasteiger partial charge in [-0.25, -0.2) is 0 Å². The maximum Gasteiger partial charge on any atom is 0.233 e. The molecule has 0 heterocycles. The van der Waals surface area contributed by atoms with E-state index >= 15 is 0 Å². The van der Waals surface area contributed by atoms with Crippen molar-refractivity contribution in [3.8, 4) is 0 Å². The van der Waals surface area contributed by atoms with Gasteiger partial charge in [0.15, 0.2) is 0 Å². The Balaban J connectivity index is 1.94. The highest BCUT2D eigenvalue weighted by atomic mass is 16.1. The van der Waals surface area contributed by atoms with Gasteiger partial charge in [-0.05, 0) is 37.1 Å². The summed E-state index contributed by atoms with van der Waals surface area (Å²) in [5.74, 6) is 0. The van der Waals surface area contributed by atoms with Gasteiger partial charge < -0.3 is 5.32 Å². The molecule has 1 fully saturated rings. The van der Waals surface area contributed by atoms with Crippen LogP contribution in [0.5, 0.6) is 0 Å². The quantitative estimate of drug-likeness (QED) is 0.816. The van der Waals surface area contributed by atoms with E-state index in [2.05, 4.69) is 5.32 Å². The summed E-state index contributed by atoms with van der Waals surface area (Å²) >= 11 is 0. The number of carbonyl (C=O) groups excluding carboxylic acids is 1. The fourth-order valence-electron chi connectivity index (χ4n) is 2.12. The van der Waals surface area contributed by atoms with E-state index in [0.29, 0.717) is 11.6 Å². The lowest BCUT2D eigenvalue weighted by Crippen LogP contribution is -2.22. The molecular weight excluding hydrogens is 186 g/mol. The van der Waals surface area contributed by atoms with Crippen LogP contribution >= 0.6 is 0 Å². The second kappa shape index (κ2) is 4.96. The Morgan fingerprint density at radius 3 is 2.33 bits per heavy atom. The summed E-state index contributed by atoms with van der Waals surface area (Å²) in [5, 5.41) is 3.50. The smallest absolute Gasteiger partial charge is 0.233 e. The van der Waals surface area contributed by atoms with E-state index in [0.717, 1.165) is 5.69 Å². The zero-order valence-corrected chi connectivity index (χ0v) is 8.83. The molecule has 0 atom stereocenters. The average Bonchev–Trinajstić information content (AvgIpc) is 2.31. The summed E-state index contributed by atoms with van der Waals surface area (Å²) in [4.78, 5) is 10.4. The van der Waals surface area contributed by atoms with E-state index in [-0.39, 0.29) is 0 Å². The van der Waals surface area contributed by atoms with Crippen molar-refractivity contribution < 1.29 is 4.79 Å². The van der Waals surface area contributed by atoms with E-state index in [4.69, 9.17) is 0 Å². The first-order valence-corrected chi connectivity index (χ1v) is 5.63. The van der Waals surface area contributed by atoms with Gasteiger partial charge in [0.05, 0.1) is 0 Å². The van der Waals surface area contributed by atoms with Gasteiger partial charge in [0.25, 0.3) is 0 Å². The van der Waals surface area contributed by atoms with E-state index in [1.165, 1.54) is 32.1 Å². The molecule has 0 spiro atoms. The molecule has 1 radical (unpaired) electrons. The Bertz CT molecular complexity index is 312. The molecule has 1 N–H and O–H groups in total. The summed E-state index contributed by atoms with van der Waals surface area (Å²) in [6.45, 7) is 0. The molecule has 0 amide bonds. The van der Waals surface area contributed by atoms with Gasteiger partial charge in [-0.15, -0.1) is 0 Å². The largest absolute Gasteiger partial charge is 0.382 e. The molecule has 0 saturated heterocycles. The normalized spacial score (nSPS) is 17.3. The van der Waals surface area contributed by atoms with E-state index in [1.54, 1.807) is 12.1 Å². The number of nitrogens with one attached hydrogen (secondary N) is 1. The van der Waals surface area contributed by atoms with Crippen LogP contribution in [-0.4, -0.2) is 12.3 Å². The van der Waals surface area contributed by atoms with Crippen LogP contribution in [0.3, 0.4) is 0 Å². The third-order valence-electron chi connectivity index (χ3n) is 2.98. The van der Waals surface area contributed by atoms with Crippen LogP contribution in [0.25, 0.3) is 0 Å². The monoisotopic (exact) mass is 202 g/mol. The third kappa shape index (κ3) is 2.82. The lowest BCUT2D eigenvalue weighted by atomic mass is 9.95. The van der Waals surface area contributed by atoms with Crippen LogP contribution in [0.15, 0.2) is 24.3 Å². The minimum atomic E-state index is 0.615. The number of rotatable bonds is 3. The molecule has 0 aromatic heterocycles. The zero-order chi connectivity index (χ0) is 10.5. The number of hydrogen-bond donors (Lipinski definition) is 1. The standard InChI is InChI=1S/C13H16NO/c15-10-11-6-8-13(9-7-11)14-12-4-2-1-3-5-12/h6-9,12,14H,1-5H2. The van der Waals surface area contributed by atoms with Crippen LogP contribution in [-0.2, 0) is 4.79 Å². The molecule has 0 bridgehead atoms. The number of benzene rings is 1. The molecule has 0 aliphatic heterocycles. The van der Waals surface area contributed by atoms with Crippen molar-refractivity contribution in [2.24, 2.45) is 0 Å². The summed E-state index contributed by atoms with van der Waals surface area (Å²) in [7, 11) is 0. The van der Waals surface area contributed by atoms with Gasteiger partial charge in [0, 0.05) is 17.3 Å². The first-order chi connectivity index (χ1) is 7.38. The average molecular weight is 202 g/mol. The van der Waals surface area contributed by atoms with Crippen LogP contribution in [0.1, 0.15) is 37.7 Å². The maximum absolute atomic E-state index is 10.4. The highest BCUT2D eigenvalue weighted by Crippen LogP contribution is 2.21. The molecule has 1 aromatic rings. The van der Waals surface area contributed by atoms with E-state index in [9.17, 15) is 4.79 Å². The topological polar surface area (TPSA) is 29.1 Å². The number of hydrogen-bond acceptors (Lipinski definition) is 2. The first kappa shape index (κ1) is 10.2. The van der Waals surface area contributed by atoms with Gasteiger partial charge in [-0.3, -0.25) is 4.79 Å². The molecule has 1 aromatic carbocycles.